The van der Waals surface area contributed by atoms with Gasteiger partial charge in [0.2, 0.25) is 0 Å². The van der Waals surface area contributed by atoms with Crippen LogP contribution in [0.3, 0.4) is 0 Å². The van der Waals surface area contributed by atoms with E-state index in [9.17, 15) is 0 Å². The summed E-state index contributed by atoms with van der Waals surface area (Å²) in [6.45, 7) is 2.90. The first-order valence-corrected chi connectivity index (χ1v) is 7.43. The molecule has 0 amide bonds. The van der Waals surface area contributed by atoms with E-state index in [0.29, 0.717) is 12.6 Å². The van der Waals surface area contributed by atoms with Gasteiger partial charge in [0, 0.05) is 11.6 Å². The summed E-state index contributed by atoms with van der Waals surface area (Å²) in [6, 6.07) is 17.1. The molecule has 0 radical (unpaired) electrons. The lowest BCUT2D eigenvalue weighted by Crippen LogP contribution is -2.27. The van der Waals surface area contributed by atoms with Gasteiger partial charge in [0.25, 0.3) is 0 Å². The molecule has 0 aromatic heterocycles. The van der Waals surface area contributed by atoms with Gasteiger partial charge in [-0.05, 0) is 30.2 Å². The highest BCUT2D eigenvalue weighted by Crippen LogP contribution is 2.34. The fourth-order valence-corrected chi connectivity index (χ4v) is 2.83. The normalized spacial score (nSPS) is 17.9. The van der Waals surface area contributed by atoms with Crippen molar-refractivity contribution in [1.82, 2.24) is 5.32 Å². The lowest BCUT2D eigenvalue weighted by molar-refractivity contribution is 0.295. The third kappa shape index (κ3) is 2.88. The number of ether oxygens (including phenoxy) is 2. The Bertz CT molecular complexity index is 594. The van der Waals surface area contributed by atoms with Crippen molar-refractivity contribution in [3.63, 3.8) is 0 Å². The molecule has 0 saturated carbocycles. The Morgan fingerprint density at radius 1 is 1.19 bits per heavy atom. The van der Waals surface area contributed by atoms with Crippen molar-refractivity contribution >= 4 is 0 Å². The molecule has 3 rings (SSSR count). The molecule has 1 N–H and O–H groups in total. The second-order valence-electron chi connectivity index (χ2n) is 5.30. The Kier molecular flexibility index (Phi) is 4.11. The lowest BCUT2D eigenvalue weighted by Gasteiger charge is -2.22. The van der Waals surface area contributed by atoms with Crippen LogP contribution < -0.4 is 14.8 Å². The van der Waals surface area contributed by atoms with E-state index in [2.05, 4.69) is 36.5 Å². The Morgan fingerprint density at radius 2 is 1.95 bits per heavy atom. The summed E-state index contributed by atoms with van der Waals surface area (Å²) in [5, 5.41) is 3.71. The van der Waals surface area contributed by atoms with Gasteiger partial charge in [0.15, 0.2) is 0 Å². The predicted molar refractivity (Wildman–Crippen MR) is 83.8 cm³/mol. The van der Waals surface area contributed by atoms with Gasteiger partial charge in [-0.2, -0.15) is 0 Å². The molecule has 0 saturated heterocycles. The fourth-order valence-electron chi connectivity index (χ4n) is 2.83. The van der Waals surface area contributed by atoms with Crippen LogP contribution in [0.25, 0.3) is 0 Å². The summed E-state index contributed by atoms with van der Waals surface area (Å²) in [5.41, 5.74) is 2.53. The minimum atomic E-state index is 0.258. The van der Waals surface area contributed by atoms with Gasteiger partial charge in [0.05, 0.1) is 13.2 Å². The summed E-state index contributed by atoms with van der Waals surface area (Å²) in [4.78, 5) is 0. The average molecular weight is 283 g/mol. The van der Waals surface area contributed by atoms with Crippen molar-refractivity contribution < 1.29 is 9.47 Å². The summed E-state index contributed by atoms with van der Waals surface area (Å²) in [5.74, 6) is 1.89. The van der Waals surface area contributed by atoms with Crippen LogP contribution in [-0.4, -0.2) is 13.7 Å². The maximum absolute atomic E-state index is 5.75. The molecule has 2 aromatic rings. The van der Waals surface area contributed by atoms with E-state index in [1.54, 1.807) is 7.11 Å². The van der Waals surface area contributed by atoms with Crippen LogP contribution in [0.1, 0.15) is 36.6 Å². The molecule has 3 nitrogen and oxygen atoms in total. The van der Waals surface area contributed by atoms with Gasteiger partial charge < -0.3 is 14.8 Å². The number of methoxy groups -OCH3 is 1. The molecule has 1 aliphatic heterocycles. The SMILES string of the molecule is CCC(NC1COc2ccccc21)c1ccc(OC)cc1. The third-order valence-corrected chi connectivity index (χ3v) is 4.03. The topological polar surface area (TPSA) is 30.5 Å². The first kappa shape index (κ1) is 14.0. The summed E-state index contributed by atoms with van der Waals surface area (Å²) in [7, 11) is 1.69. The van der Waals surface area contributed by atoms with Gasteiger partial charge in [-0.25, -0.2) is 0 Å². The van der Waals surface area contributed by atoms with Crippen LogP contribution in [0, 0.1) is 0 Å². The van der Waals surface area contributed by atoms with E-state index in [1.807, 2.05) is 24.3 Å². The Balaban J connectivity index is 1.76. The molecule has 21 heavy (non-hydrogen) atoms. The van der Waals surface area contributed by atoms with E-state index >= 15 is 0 Å². The van der Waals surface area contributed by atoms with Gasteiger partial charge in [-0.3, -0.25) is 0 Å². The van der Waals surface area contributed by atoms with Crippen LogP contribution in [0.15, 0.2) is 48.5 Å². The van der Waals surface area contributed by atoms with Crippen LogP contribution >= 0.6 is 0 Å². The summed E-state index contributed by atoms with van der Waals surface area (Å²) >= 11 is 0. The number of fused-ring (bicyclic) bond motifs is 1. The zero-order valence-electron chi connectivity index (χ0n) is 12.5. The molecule has 1 aliphatic rings. The summed E-state index contributed by atoms with van der Waals surface area (Å²) < 4.78 is 11.0. The Labute approximate surface area is 125 Å². The van der Waals surface area contributed by atoms with Crippen LogP contribution in [0.5, 0.6) is 11.5 Å². The van der Waals surface area contributed by atoms with Gasteiger partial charge >= 0.3 is 0 Å². The minimum Gasteiger partial charge on any atom is -0.497 e. The van der Waals surface area contributed by atoms with E-state index in [4.69, 9.17) is 9.47 Å². The Hall–Kier alpha value is -2.00. The maximum atomic E-state index is 5.75. The quantitative estimate of drug-likeness (QED) is 0.903. The van der Waals surface area contributed by atoms with Crippen molar-refractivity contribution in [3.8, 4) is 11.5 Å². The molecule has 2 unspecified atom stereocenters. The first-order chi connectivity index (χ1) is 10.3. The Morgan fingerprint density at radius 3 is 2.67 bits per heavy atom. The van der Waals surface area contributed by atoms with Crippen molar-refractivity contribution in [2.75, 3.05) is 13.7 Å². The van der Waals surface area contributed by atoms with Crippen molar-refractivity contribution in [2.24, 2.45) is 0 Å². The smallest absolute Gasteiger partial charge is 0.124 e. The van der Waals surface area contributed by atoms with Gasteiger partial charge in [-0.1, -0.05) is 37.3 Å². The molecule has 0 aliphatic carbocycles. The third-order valence-electron chi connectivity index (χ3n) is 4.03. The van der Waals surface area contributed by atoms with Crippen LogP contribution in [0.4, 0.5) is 0 Å². The lowest BCUT2D eigenvalue weighted by atomic mass is 10.0. The van der Waals surface area contributed by atoms with Gasteiger partial charge in [-0.15, -0.1) is 0 Å². The van der Waals surface area contributed by atoms with E-state index in [0.717, 1.165) is 17.9 Å². The number of hydrogen-bond donors (Lipinski definition) is 1. The van der Waals surface area contributed by atoms with E-state index in [1.165, 1.54) is 11.1 Å². The van der Waals surface area contributed by atoms with Crippen LogP contribution in [-0.2, 0) is 0 Å². The minimum absolute atomic E-state index is 0.258. The van der Waals surface area contributed by atoms with Crippen molar-refractivity contribution in [2.45, 2.75) is 25.4 Å². The molecule has 2 aromatic carbocycles. The van der Waals surface area contributed by atoms with E-state index in [-0.39, 0.29) is 6.04 Å². The molecule has 0 fully saturated rings. The first-order valence-electron chi connectivity index (χ1n) is 7.43. The fraction of sp³-hybridized carbons (Fsp3) is 0.333. The molecule has 3 heteroatoms. The molecule has 0 bridgehead atoms. The predicted octanol–water partition coefficient (Wildman–Crippen LogP) is 3.87. The number of rotatable bonds is 5. The molecular formula is C18H21NO2. The standard InChI is InChI=1S/C18H21NO2/c1-3-16(13-8-10-14(20-2)11-9-13)19-17-12-21-18-7-5-4-6-15(17)18/h4-11,16-17,19H,3,12H2,1-2H3. The number of para-hydroxylation sites is 1. The second-order valence-corrected chi connectivity index (χ2v) is 5.30. The highest BCUT2D eigenvalue weighted by Gasteiger charge is 2.25. The number of hydrogen-bond acceptors (Lipinski definition) is 3. The average Bonchev–Trinajstić information content (AvgIpc) is 2.96. The van der Waals surface area contributed by atoms with Gasteiger partial charge in [0.1, 0.15) is 18.1 Å². The molecule has 2 atom stereocenters. The van der Waals surface area contributed by atoms with E-state index < -0.39 is 0 Å². The highest BCUT2D eigenvalue weighted by molar-refractivity contribution is 5.39. The molecule has 110 valence electrons. The number of nitrogens with one attached hydrogen (secondary N) is 1. The van der Waals surface area contributed by atoms with Crippen molar-refractivity contribution in [3.05, 3.63) is 59.7 Å². The van der Waals surface area contributed by atoms with Crippen LogP contribution in [0.2, 0.25) is 0 Å². The second kappa shape index (κ2) is 6.19. The summed E-state index contributed by atoms with van der Waals surface area (Å²) in [6.07, 6.45) is 1.03. The zero-order valence-corrected chi connectivity index (χ0v) is 12.5. The number of benzene rings is 2. The largest absolute Gasteiger partial charge is 0.497 e. The molecule has 0 spiro atoms. The molecule has 1 heterocycles. The zero-order chi connectivity index (χ0) is 14.7. The molecular weight excluding hydrogens is 262 g/mol. The van der Waals surface area contributed by atoms with Crippen molar-refractivity contribution in [1.29, 1.82) is 0 Å². The monoisotopic (exact) mass is 283 g/mol. The maximum Gasteiger partial charge on any atom is 0.124 e. The highest BCUT2D eigenvalue weighted by atomic mass is 16.5.